The molecule has 0 radical (unpaired) electrons. The van der Waals surface area contributed by atoms with Crippen molar-refractivity contribution in [3.8, 4) is 0 Å². The summed E-state index contributed by atoms with van der Waals surface area (Å²) < 4.78 is 12.7. The maximum absolute atomic E-state index is 6.36. The Kier molecular flexibility index (Phi) is 3.54. The molecular weight excluding hydrogens is 260 g/mol. The number of hydrogen-bond donors (Lipinski definition) is 0. The third kappa shape index (κ3) is 2.12. The van der Waals surface area contributed by atoms with Gasteiger partial charge in [0.25, 0.3) is 0 Å². The van der Waals surface area contributed by atoms with Gasteiger partial charge in [0.2, 0.25) is 0 Å². The van der Waals surface area contributed by atoms with Gasteiger partial charge in [-0.3, -0.25) is 0 Å². The van der Waals surface area contributed by atoms with E-state index in [-0.39, 0.29) is 12.2 Å². The van der Waals surface area contributed by atoms with Crippen molar-refractivity contribution in [3.05, 3.63) is 0 Å². The van der Waals surface area contributed by atoms with Crippen LogP contribution in [-0.4, -0.2) is 18.0 Å². The Morgan fingerprint density at radius 1 is 1.00 bits per heavy atom. The fourth-order valence-corrected chi connectivity index (χ4v) is 6.09. The molecule has 1 saturated heterocycles. The smallest absolute Gasteiger partial charge is 0.163 e. The summed E-state index contributed by atoms with van der Waals surface area (Å²) in [5, 5.41) is 0. The minimum Gasteiger partial charge on any atom is -0.345 e. The highest BCUT2D eigenvalue weighted by molar-refractivity contribution is 5.09. The second kappa shape index (κ2) is 4.71. The normalized spacial score (nSPS) is 51.3. The standard InChI is InChI=1S/C19H34O2/c1-8-19-11-14-16(21-18(6,7)20-14)13(3)17(4,5)15(19)10-9-12(19)2/h12-16H,8-11H2,1-7H3/t12-,13+,14+,15+,16-,19-/m1/s1. The maximum atomic E-state index is 6.36. The number of rotatable bonds is 1. The SMILES string of the molecule is CC[C@]12C[C@@H]3OC(C)(C)O[C@@H]3[C@H](C)C(C)(C)[C@@H]1CC[C@H]2C. The first kappa shape index (κ1) is 15.8. The molecule has 0 aromatic rings. The van der Waals surface area contributed by atoms with E-state index in [1.54, 1.807) is 0 Å². The van der Waals surface area contributed by atoms with E-state index in [0.29, 0.717) is 16.7 Å². The van der Waals surface area contributed by atoms with Gasteiger partial charge >= 0.3 is 0 Å². The molecule has 6 atom stereocenters. The molecule has 0 amide bonds. The largest absolute Gasteiger partial charge is 0.345 e. The average Bonchev–Trinajstić information content (AvgIpc) is 2.85. The van der Waals surface area contributed by atoms with Crippen molar-refractivity contribution >= 4 is 0 Å². The lowest BCUT2D eigenvalue weighted by atomic mass is 9.58. The molecule has 1 aliphatic heterocycles. The number of fused-ring (bicyclic) bond motifs is 2. The predicted molar refractivity (Wildman–Crippen MR) is 86.0 cm³/mol. The molecular formula is C19H34O2. The predicted octanol–water partition coefficient (Wildman–Crippen LogP) is 5.02. The quantitative estimate of drug-likeness (QED) is 0.676. The van der Waals surface area contributed by atoms with Crippen LogP contribution in [0.3, 0.4) is 0 Å². The maximum Gasteiger partial charge on any atom is 0.163 e. The lowest BCUT2D eigenvalue weighted by Crippen LogP contribution is -2.42. The van der Waals surface area contributed by atoms with Crippen molar-refractivity contribution in [1.82, 2.24) is 0 Å². The minimum absolute atomic E-state index is 0.260. The Morgan fingerprint density at radius 2 is 1.67 bits per heavy atom. The van der Waals surface area contributed by atoms with Crippen molar-refractivity contribution in [2.24, 2.45) is 28.6 Å². The van der Waals surface area contributed by atoms with Crippen molar-refractivity contribution < 1.29 is 9.47 Å². The topological polar surface area (TPSA) is 18.5 Å². The van der Waals surface area contributed by atoms with Crippen LogP contribution in [0.2, 0.25) is 0 Å². The molecule has 3 aliphatic rings. The van der Waals surface area contributed by atoms with E-state index in [1.807, 2.05) is 0 Å². The van der Waals surface area contributed by atoms with E-state index in [0.717, 1.165) is 11.8 Å². The lowest BCUT2D eigenvalue weighted by molar-refractivity contribution is -0.165. The fourth-order valence-electron chi connectivity index (χ4n) is 6.09. The van der Waals surface area contributed by atoms with Crippen LogP contribution in [0.4, 0.5) is 0 Å². The average molecular weight is 294 g/mol. The summed E-state index contributed by atoms with van der Waals surface area (Å²) in [5.41, 5.74) is 0.769. The van der Waals surface area contributed by atoms with E-state index in [2.05, 4.69) is 48.5 Å². The molecule has 0 aromatic heterocycles. The van der Waals surface area contributed by atoms with Gasteiger partial charge in [-0.2, -0.15) is 0 Å². The summed E-state index contributed by atoms with van der Waals surface area (Å²) in [6, 6.07) is 0. The van der Waals surface area contributed by atoms with Crippen molar-refractivity contribution in [2.45, 2.75) is 92.1 Å². The van der Waals surface area contributed by atoms with Crippen LogP contribution in [0.5, 0.6) is 0 Å². The lowest BCUT2D eigenvalue weighted by Gasteiger charge is -2.47. The molecule has 0 bridgehead atoms. The van der Waals surface area contributed by atoms with E-state index < -0.39 is 5.79 Å². The number of hydrogen-bond acceptors (Lipinski definition) is 2. The first-order chi connectivity index (χ1) is 9.64. The van der Waals surface area contributed by atoms with Crippen LogP contribution in [0.15, 0.2) is 0 Å². The van der Waals surface area contributed by atoms with Gasteiger partial charge < -0.3 is 9.47 Å². The van der Waals surface area contributed by atoms with Gasteiger partial charge in [0.15, 0.2) is 5.79 Å². The second-order valence-electron chi connectivity index (χ2n) is 9.07. The van der Waals surface area contributed by atoms with E-state index in [4.69, 9.17) is 9.47 Å². The van der Waals surface area contributed by atoms with Gasteiger partial charge in [-0.15, -0.1) is 0 Å². The molecule has 2 saturated carbocycles. The van der Waals surface area contributed by atoms with Gasteiger partial charge in [-0.05, 0) is 68.1 Å². The summed E-state index contributed by atoms with van der Waals surface area (Å²) in [4.78, 5) is 0. The highest BCUT2D eigenvalue weighted by atomic mass is 16.8. The molecule has 2 heteroatoms. The molecule has 0 unspecified atom stereocenters. The molecule has 3 fully saturated rings. The van der Waals surface area contributed by atoms with Crippen LogP contribution >= 0.6 is 0 Å². The van der Waals surface area contributed by atoms with E-state index >= 15 is 0 Å². The van der Waals surface area contributed by atoms with Gasteiger partial charge in [0, 0.05) is 0 Å². The Bertz CT molecular complexity index is 414. The molecule has 122 valence electrons. The van der Waals surface area contributed by atoms with Gasteiger partial charge in [-0.1, -0.05) is 34.6 Å². The van der Waals surface area contributed by atoms with Crippen LogP contribution < -0.4 is 0 Å². The zero-order valence-corrected chi connectivity index (χ0v) is 15.0. The van der Waals surface area contributed by atoms with Crippen LogP contribution in [0, 0.1) is 28.6 Å². The summed E-state index contributed by atoms with van der Waals surface area (Å²) in [6.45, 7) is 16.4. The van der Waals surface area contributed by atoms with Gasteiger partial charge in [-0.25, -0.2) is 0 Å². The first-order valence-electron chi connectivity index (χ1n) is 8.99. The van der Waals surface area contributed by atoms with E-state index in [1.165, 1.54) is 25.7 Å². The van der Waals surface area contributed by atoms with Crippen LogP contribution in [-0.2, 0) is 9.47 Å². The molecule has 21 heavy (non-hydrogen) atoms. The van der Waals surface area contributed by atoms with Crippen molar-refractivity contribution in [2.75, 3.05) is 0 Å². The summed E-state index contributed by atoms with van der Waals surface area (Å²) in [6.07, 6.45) is 5.78. The van der Waals surface area contributed by atoms with Crippen LogP contribution in [0.25, 0.3) is 0 Å². The molecule has 2 aliphatic carbocycles. The Labute approximate surface area is 131 Å². The molecule has 3 rings (SSSR count). The third-order valence-electron chi connectivity index (χ3n) is 7.59. The molecule has 0 N–H and O–H groups in total. The highest BCUT2D eigenvalue weighted by Crippen LogP contribution is 2.64. The number of ether oxygens (including phenoxy) is 2. The summed E-state index contributed by atoms with van der Waals surface area (Å²) >= 11 is 0. The van der Waals surface area contributed by atoms with Crippen molar-refractivity contribution in [1.29, 1.82) is 0 Å². The van der Waals surface area contributed by atoms with Gasteiger partial charge in [0.05, 0.1) is 12.2 Å². The monoisotopic (exact) mass is 294 g/mol. The zero-order chi connectivity index (χ0) is 15.6. The van der Waals surface area contributed by atoms with Gasteiger partial charge in [0.1, 0.15) is 0 Å². The summed E-state index contributed by atoms with van der Waals surface area (Å²) in [7, 11) is 0. The Balaban J connectivity index is 2.04. The fraction of sp³-hybridized carbons (Fsp3) is 1.00. The Morgan fingerprint density at radius 3 is 2.29 bits per heavy atom. The Hall–Kier alpha value is -0.0800. The van der Waals surface area contributed by atoms with E-state index in [9.17, 15) is 0 Å². The first-order valence-corrected chi connectivity index (χ1v) is 8.99. The zero-order valence-electron chi connectivity index (χ0n) is 15.0. The second-order valence-corrected chi connectivity index (χ2v) is 9.07. The van der Waals surface area contributed by atoms with Crippen molar-refractivity contribution in [3.63, 3.8) is 0 Å². The molecule has 1 heterocycles. The third-order valence-corrected chi connectivity index (χ3v) is 7.59. The molecule has 0 spiro atoms. The highest BCUT2D eigenvalue weighted by Gasteiger charge is 2.61. The summed E-state index contributed by atoms with van der Waals surface area (Å²) in [5.74, 6) is 1.75. The molecule has 0 aromatic carbocycles. The minimum atomic E-state index is -0.413. The molecule has 2 nitrogen and oxygen atoms in total. The van der Waals surface area contributed by atoms with Crippen LogP contribution in [0.1, 0.15) is 74.1 Å².